The molecule has 0 aromatic heterocycles. The normalized spacial score (nSPS) is 18.5. The number of hydrogen-bond acceptors (Lipinski definition) is 4. The van der Waals surface area contributed by atoms with E-state index in [1.54, 1.807) is 9.80 Å². The molecule has 0 bridgehead atoms. The van der Waals surface area contributed by atoms with Crippen LogP contribution in [0.2, 0.25) is 0 Å². The molecule has 6 nitrogen and oxygen atoms in total. The quantitative estimate of drug-likeness (QED) is 0.589. The Bertz CT molecular complexity index is 927. The van der Waals surface area contributed by atoms with E-state index in [1.807, 2.05) is 6.92 Å². The molecule has 1 heterocycles. The number of carbonyl (C=O) groups excluding carboxylic acids is 1. The van der Waals surface area contributed by atoms with Crippen LogP contribution < -0.4 is 4.72 Å². The van der Waals surface area contributed by atoms with Crippen LogP contribution in [0.1, 0.15) is 22.8 Å². The summed E-state index contributed by atoms with van der Waals surface area (Å²) in [4.78, 5) is 16.2. The second-order valence-electron chi connectivity index (χ2n) is 6.82. The molecule has 0 aliphatic carbocycles. The summed E-state index contributed by atoms with van der Waals surface area (Å²) >= 11 is -2.45. The molecule has 2 atom stereocenters. The average molecular weight is 426 g/mol. The Morgan fingerprint density at radius 3 is 2.41 bits per heavy atom. The summed E-state index contributed by atoms with van der Waals surface area (Å²) in [6, 6.07) is 7.44. The van der Waals surface area contributed by atoms with E-state index in [9.17, 15) is 26.7 Å². The van der Waals surface area contributed by atoms with Gasteiger partial charge in [-0.15, -0.1) is 0 Å². The maximum Gasteiger partial charge on any atom is 0.254 e. The molecule has 1 fully saturated rings. The van der Waals surface area contributed by atoms with Gasteiger partial charge in [0.1, 0.15) is 5.82 Å². The third kappa shape index (κ3) is 4.95. The molecule has 29 heavy (non-hydrogen) atoms. The van der Waals surface area contributed by atoms with Crippen molar-refractivity contribution in [2.75, 3.05) is 24.4 Å². The van der Waals surface area contributed by atoms with Crippen LogP contribution in [0.5, 0.6) is 0 Å². The molecule has 1 N–H and O–H groups in total. The zero-order valence-corrected chi connectivity index (χ0v) is 16.3. The monoisotopic (exact) mass is 426 g/mol. The number of hydrogen-bond donors (Lipinski definition) is 1. The van der Waals surface area contributed by atoms with Crippen LogP contribution in [0.15, 0.2) is 36.4 Å². The van der Waals surface area contributed by atoms with Gasteiger partial charge in [-0.3, -0.25) is 13.9 Å². The Hall–Kier alpha value is -2.43. The summed E-state index contributed by atoms with van der Waals surface area (Å²) in [5.41, 5.74) is 0.414. The van der Waals surface area contributed by atoms with E-state index in [0.29, 0.717) is 30.9 Å². The highest BCUT2D eigenvalue weighted by Gasteiger charge is 2.29. The Balaban J connectivity index is 1.65. The second-order valence-corrected chi connectivity index (χ2v) is 7.49. The van der Waals surface area contributed by atoms with Crippen LogP contribution in [0.4, 0.5) is 18.9 Å². The Labute approximate surface area is 168 Å². The first-order valence-electron chi connectivity index (χ1n) is 8.88. The molecule has 156 valence electrons. The Kier molecular flexibility index (Phi) is 6.56. The minimum atomic E-state index is -2.45. The van der Waals surface area contributed by atoms with Gasteiger partial charge in [-0.1, -0.05) is 0 Å². The highest BCUT2D eigenvalue weighted by Crippen LogP contribution is 2.21. The highest BCUT2D eigenvalue weighted by molar-refractivity contribution is 7.80. The molecule has 1 aliphatic heterocycles. The maximum absolute atomic E-state index is 13.9. The second kappa shape index (κ2) is 8.93. The predicted molar refractivity (Wildman–Crippen MR) is 101 cm³/mol. The van der Waals surface area contributed by atoms with Crippen LogP contribution in [-0.2, 0) is 17.8 Å². The van der Waals surface area contributed by atoms with E-state index in [1.165, 1.54) is 24.3 Å². The standard InChI is InChI=1S/C19H20F3N3O3S/c1-12-10-24(11-15-16(20)6-7-17(21)18(15)22)8-9-25(12)19(26)13-2-4-14(5-3-13)23-29(27)28/h2-7,12,23H,8-11H2,1H3,(H,27,28)/p-1/t12-/m0/s1. The van der Waals surface area contributed by atoms with Crippen LogP contribution in [0, 0.1) is 17.5 Å². The molecule has 1 aliphatic rings. The molecule has 1 saturated heterocycles. The Morgan fingerprint density at radius 1 is 1.14 bits per heavy atom. The molecule has 1 unspecified atom stereocenters. The fourth-order valence-corrected chi connectivity index (χ4v) is 3.69. The summed E-state index contributed by atoms with van der Waals surface area (Å²) in [5, 5.41) is 0. The minimum Gasteiger partial charge on any atom is -0.755 e. The van der Waals surface area contributed by atoms with Crippen molar-refractivity contribution in [2.24, 2.45) is 0 Å². The number of carbonyl (C=O) groups is 1. The van der Waals surface area contributed by atoms with Gasteiger partial charge in [0.15, 0.2) is 11.6 Å². The number of anilines is 1. The number of rotatable bonds is 5. The third-order valence-corrected chi connectivity index (χ3v) is 5.23. The van der Waals surface area contributed by atoms with Crippen LogP contribution in [0.3, 0.4) is 0 Å². The zero-order chi connectivity index (χ0) is 21.1. The lowest BCUT2D eigenvalue weighted by atomic mass is 10.1. The van der Waals surface area contributed by atoms with Crippen LogP contribution in [0.25, 0.3) is 0 Å². The fourth-order valence-electron chi connectivity index (χ4n) is 3.36. The van der Waals surface area contributed by atoms with Gasteiger partial charge in [-0.2, -0.15) is 0 Å². The van der Waals surface area contributed by atoms with Crippen molar-refractivity contribution in [1.82, 2.24) is 9.80 Å². The number of nitrogens with zero attached hydrogens (tertiary/aromatic N) is 2. The van der Waals surface area contributed by atoms with E-state index < -0.39 is 28.7 Å². The van der Waals surface area contributed by atoms with Gasteiger partial charge >= 0.3 is 0 Å². The zero-order valence-electron chi connectivity index (χ0n) is 15.5. The summed E-state index contributed by atoms with van der Waals surface area (Å²) < 4.78 is 64.7. The highest BCUT2D eigenvalue weighted by atomic mass is 32.2. The van der Waals surface area contributed by atoms with Crippen LogP contribution >= 0.6 is 0 Å². The number of amides is 1. The first-order valence-corrected chi connectivity index (χ1v) is 9.95. The number of piperazine rings is 1. The summed E-state index contributed by atoms with van der Waals surface area (Å²) in [6.07, 6.45) is 0. The lowest BCUT2D eigenvalue weighted by Crippen LogP contribution is -2.53. The van der Waals surface area contributed by atoms with Gasteiger partial charge in [0.05, 0.1) is 0 Å². The van der Waals surface area contributed by atoms with Crippen LogP contribution in [-0.4, -0.2) is 50.1 Å². The first kappa shape index (κ1) is 21.3. The SMILES string of the molecule is C[C@H]1CN(Cc2c(F)ccc(F)c2F)CCN1C(=O)c1ccc(NS(=O)[O-])cc1. The number of benzene rings is 2. The molecular weight excluding hydrogens is 407 g/mol. The fraction of sp³-hybridized carbons (Fsp3) is 0.316. The summed E-state index contributed by atoms with van der Waals surface area (Å²) in [5.74, 6) is -3.32. The molecule has 2 aromatic rings. The van der Waals surface area contributed by atoms with Gasteiger partial charge in [0.2, 0.25) is 0 Å². The topological polar surface area (TPSA) is 75.7 Å². The van der Waals surface area contributed by atoms with Crippen molar-refractivity contribution in [1.29, 1.82) is 0 Å². The van der Waals surface area contributed by atoms with Crippen molar-refractivity contribution < 1.29 is 26.7 Å². The molecule has 1 amide bonds. The first-order chi connectivity index (χ1) is 13.8. The van der Waals surface area contributed by atoms with Crippen molar-refractivity contribution in [3.63, 3.8) is 0 Å². The van der Waals surface area contributed by atoms with E-state index in [-0.39, 0.29) is 24.1 Å². The van der Waals surface area contributed by atoms with Crippen molar-refractivity contribution in [3.8, 4) is 0 Å². The van der Waals surface area contributed by atoms with E-state index in [0.717, 1.165) is 12.1 Å². The van der Waals surface area contributed by atoms with Crippen molar-refractivity contribution >= 4 is 22.9 Å². The maximum atomic E-state index is 13.9. The van der Waals surface area contributed by atoms with E-state index in [2.05, 4.69) is 4.72 Å². The average Bonchev–Trinajstić information content (AvgIpc) is 2.68. The predicted octanol–water partition coefficient (Wildman–Crippen LogP) is 2.66. The molecule has 3 rings (SSSR count). The lowest BCUT2D eigenvalue weighted by molar-refractivity contribution is 0.0470. The van der Waals surface area contributed by atoms with Crippen molar-refractivity contribution in [2.45, 2.75) is 19.5 Å². The molecule has 0 spiro atoms. The van der Waals surface area contributed by atoms with Crippen molar-refractivity contribution in [3.05, 3.63) is 65.0 Å². The van der Waals surface area contributed by atoms with Gasteiger partial charge in [0.25, 0.3) is 5.91 Å². The lowest BCUT2D eigenvalue weighted by Gasteiger charge is -2.40. The molecular formula is C19H19F3N3O3S-. The number of halogens is 3. The van der Waals surface area contributed by atoms with Gasteiger partial charge in [-0.25, -0.2) is 13.2 Å². The van der Waals surface area contributed by atoms with E-state index >= 15 is 0 Å². The molecule has 0 radical (unpaired) electrons. The molecule has 10 heteroatoms. The summed E-state index contributed by atoms with van der Waals surface area (Å²) in [6.45, 7) is 2.81. The Morgan fingerprint density at radius 2 is 1.79 bits per heavy atom. The minimum absolute atomic E-state index is 0.0888. The molecule has 2 aromatic carbocycles. The van der Waals surface area contributed by atoms with E-state index in [4.69, 9.17) is 0 Å². The van der Waals surface area contributed by atoms with Gasteiger partial charge in [-0.05, 0) is 43.3 Å². The number of nitrogens with one attached hydrogen (secondary N) is 1. The van der Waals surface area contributed by atoms with Gasteiger partial charge in [0, 0.05) is 60.3 Å². The smallest absolute Gasteiger partial charge is 0.254 e. The molecule has 0 saturated carbocycles. The third-order valence-electron chi connectivity index (χ3n) is 4.83. The van der Waals surface area contributed by atoms with Gasteiger partial charge < -0.3 is 14.2 Å². The largest absolute Gasteiger partial charge is 0.755 e. The summed E-state index contributed by atoms with van der Waals surface area (Å²) in [7, 11) is 0.